The molecule has 18 heavy (non-hydrogen) atoms. The van der Waals surface area contributed by atoms with Gasteiger partial charge in [0.2, 0.25) is 0 Å². The first-order valence-corrected chi connectivity index (χ1v) is 6.69. The van der Waals surface area contributed by atoms with E-state index in [-0.39, 0.29) is 0 Å². The van der Waals surface area contributed by atoms with Gasteiger partial charge in [-0.05, 0) is 51.8 Å². The van der Waals surface area contributed by atoms with Crippen molar-refractivity contribution < 1.29 is 0 Å². The van der Waals surface area contributed by atoms with Crippen LogP contribution in [0.25, 0.3) is 0 Å². The van der Waals surface area contributed by atoms with Gasteiger partial charge in [0.05, 0.1) is 5.69 Å². The molecule has 0 unspecified atom stereocenters. The van der Waals surface area contributed by atoms with Gasteiger partial charge in [-0.15, -0.1) is 5.92 Å². The van der Waals surface area contributed by atoms with Crippen LogP contribution in [0, 0.1) is 31.6 Å². The van der Waals surface area contributed by atoms with Gasteiger partial charge in [-0.2, -0.15) is 5.10 Å². The van der Waals surface area contributed by atoms with Crippen LogP contribution in [0.1, 0.15) is 37.7 Å². The molecule has 3 nitrogen and oxygen atoms in total. The molecule has 0 bridgehead atoms. The SMILES string of the molecule is CC#CCn1nc(C)c(CCNCC(C)C)c1C. The Hall–Kier alpha value is -1.27. The Kier molecular flexibility index (Phi) is 5.94. The second kappa shape index (κ2) is 7.23. The molecule has 0 aromatic carbocycles. The van der Waals surface area contributed by atoms with Gasteiger partial charge in [-0.1, -0.05) is 19.8 Å². The van der Waals surface area contributed by atoms with Gasteiger partial charge < -0.3 is 5.32 Å². The van der Waals surface area contributed by atoms with E-state index in [1.807, 2.05) is 11.6 Å². The van der Waals surface area contributed by atoms with E-state index in [0.29, 0.717) is 12.5 Å². The standard InChI is InChI=1S/C15H25N3/c1-6-7-10-18-14(5)15(13(4)17-18)8-9-16-11-12(2)3/h12,16H,8-11H2,1-5H3. The highest BCUT2D eigenvalue weighted by Crippen LogP contribution is 2.13. The average Bonchev–Trinajstić information content (AvgIpc) is 2.58. The molecule has 1 heterocycles. The van der Waals surface area contributed by atoms with E-state index in [1.165, 1.54) is 11.3 Å². The van der Waals surface area contributed by atoms with Crippen LogP contribution in [0.4, 0.5) is 0 Å². The average molecular weight is 247 g/mol. The number of nitrogens with zero attached hydrogens (tertiary/aromatic N) is 2. The van der Waals surface area contributed by atoms with E-state index < -0.39 is 0 Å². The van der Waals surface area contributed by atoms with Gasteiger partial charge in [0.25, 0.3) is 0 Å². The number of aromatic nitrogens is 2. The third-order valence-corrected chi connectivity index (χ3v) is 3.04. The number of rotatable bonds is 6. The van der Waals surface area contributed by atoms with Crippen molar-refractivity contribution in [2.75, 3.05) is 13.1 Å². The van der Waals surface area contributed by atoms with Crippen molar-refractivity contribution in [1.82, 2.24) is 15.1 Å². The summed E-state index contributed by atoms with van der Waals surface area (Å²) in [7, 11) is 0. The fourth-order valence-corrected chi connectivity index (χ4v) is 2.01. The lowest BCUT2D eigenvalue weighted by molar-refractivity contribution is 0.553. The summed E-state index contributed by atoms with van der Waals surface area (Å²) in [6, 6.07) is 0. The fraction of sp³-hybridized carbons (Fsp3) is 0.667. The monoisotopic (exact) mass is 247 g/mol. The van der Waals surface area contributed by atoms with Crippen molar-refractivity contribution in [2.45, 2.75) is 47.6 Å². The third kappa shape index (κ3) is 4.19. The Morgan fingerprint density at radius 3 is 2.67 bits per heavy atom. The van der Waals surface area contributed by atoms with Crippen LogP contribution in [0.15, 0.2) is 0 Å². The first-order valence-electron chi connectivity index (χ1n) is 6.69. The molecular weight excluding hydrogens is 222 g/mol. The zero-order valence-electron chi connectivity index (χ0n) is 12.3. The van der Waals surface area contributed by atoms with Gasteiger partial charge in [0, 0.05) is 5.69 Å². The molecule has 0 aliphatic heterocycles. The Morgan fingerprint density at radius 2 is 2.06 bits per heavy atom. The molecule has 100 valence electrons. The Balaban J connectivity index is 2.59. The van der Waals surface area contributed by atoms with E-state index >= 15 is 0 Å². The van der Waals surface area contributed by atoms with Crippen molar-refractivity contribution in [3.63, 3.8) is 0 Å². The van der Waals surface area contributed by atoms with E-state index in [1.54, 1.807) is 0 Å². The summed E-state index contributed by atoms with van der Waals surface area (Å²) >= 11 is 0. The molecule has 1 N–H and O–H groups in total. The highest BCUT2D eigenvalue weighted by molar-refractivity contribution is 5.25. The molecule has 1 aromatic heterocycles. The summed E-state index contributed by atoms with van der Waals surface area (Å²) in [6.07, 6.45) is 1.05. The highest BCUT2D eigenvalue weighted by Gasteiger charge is 2.10. The van der Waals surface area contributed by atoms with Crippen molar-refractivity contribution in [3.05, 3.63) is 17.0 Å². The van der Waals surface area contributed by atoms with E-state index in [4.69, 9.17) is 0 Å². The predicted octanol–water partition coefficient (Wildman–Crippen LogP) is 2.31. The zero-order chi connectivity index (χ0) is 13.5. The molecule has 0 spiro atoms. The maximum atomic E-state index is 4.55. The van der Waals surface area contributed by atoms with Gasteiger partial charge in [-0.25, -0.2) is 0 Å². The van der Waals surface area contributed by atoms with Crippen LogP contribution < -0.4 is 5.32 Å². The minimum Gasteiger partial charge on any atom is -0.316 e. The lowest BCUT2D eigenvalue weighted by atomic mass is 10.1. The summed E-state index contributed by atoms with van der Waals surface area (Å²) in [4.78, 5) is 0. The lowest BCUT2D eigenvalue weighted by Gasteiger charge is -2.07. The van der Waals surface area contributed by atoms with Crippen molar-refractivity contribution >= 4 is 0 Å². The predicted molar refractivity (Wildman–Crippen MR) is 76.6 cm³/mol. The normalized spacial score (nSPS) is 10.6. The fourth-order valence-electron chi connectivity index (χ4n) is 2.01. The van der Waals surface area contributed by atoms with Crippen LogP contribution in [0.2, 0.25) is 0 Å². The quantitative estimate of drug-likeness (QED) is 0.617. The van der Waals surface area contributed by atoms with Crippen LogP contribution in [0.3, 0.4) is 0 Å². The van der Waals surface area contributed by atoms with E-state index in [9.17, 15) is 0 Å². The molecule has 0 amide bonds. The van der Waals surface area contributed by atoms with E-state index in [2.05, 4.69) is 50.0 Å². The number of hydrogen-bond donors (Lipinski definition) is 1. The molecule has 0 fully saturated rings. The van der Waals surface area contributed by atoms with Gasteiger partial charge >= 0.3 is 0 Å². The van der Waals surface area contributed by atoms with Crippen molar-refractivity contribution in [3.8, 4) is 11.8 Å². The maximum Gasteiger partial charge on any atom is 0.102 e. The van der Waals surface area contributed by atoms with Gasteiger partial charge in [0.15, 0.2) is 0 Å². The third-order valence-electron chi connectivity index (χ3n) is 3.04. The summed E-state index contributed by atoms with van der Waals surface area (Å²) < 4.78 is 2.00. The molecule has 3 heteroatoms. The van der Waals surface area contributed by atoms with Crippen molar-refractivity contribution in [1.29, 1.82) is 0 Å². The Labute approximate surface area is 111 Å². The molecule has 0 saturated carbocycles. The lowest BCUT2D eigenvalue weighted by Crippen LogP contribution is -2.22. The number of nitrogens with one attached hydrogen (secondary N) is 1. The topological polar surface area (TPSA) is 29.9 Å². The number of hydrogen-bond acceptors (Lipinski definition) is 2. The second-order valence-corrected chi connectivity index (χ2v) is 5.08. The van der Waals surface area contributed by atoms with E-state index in [0.717, 1.165) is 25.2 Å². The number of aryl methyl sites for hydroxylation is 1. The molecule has 0 radical (unpaired) electrons. The highest BCUT2D eigenvalue weighted by atomic mass is 15.3. The molecule has 0 aliphatic rings. The molecular formula is C15H25N3. The van der Waals surface area contributed by atoms with Crippen LogP contribution in [0.5, 0.6) is 0 Å². The first kappa shape index (κ1) is 14.8. The molecule has 1 aromatic rings. The maximum absolute atomic E-state index is 4.55. The Morgan fingerprint density at radius 1 is 1.33 bits per heavy atom. The molecule has 0 atom stereocenters. The Bertz CT molecular complexity index is 433. The molecule has 0 aliphatic carbocycles. The largest absolute Gasteiger partial charge is 0.316 e. The first-order chi connectivity index (χ1) is 8.56. The summed E-state index contributed by atoms with van der Waals surface area (Å²) in [5, 5.41) is 8.02. The summed E-state index contributed by atoms with van der Waals surface area (Å²) in [5.74, 6) is 6.68. The minimum atomic E-state index is 0.697. The van der Waals surface area contributed by atoms with Crippen molar-refractivity contribution in [2.24, 2.45) is 5.92 Å². The smallest absolute Gasteiger partial charge is 0.102 e. The molecule has 1 rings (SSSR count). The summed E-state index contributed by atoms with van der Waals surface area (Å²) in [6.45, 7) is 13.3. The van der Waals surface area contributed by atoms with Crippen LogP contribution in [-0.2, 0) is 13.0 Å². The van der Waals surface area contributed by atoms with Crippen LogP contribution >= 0.6 is 0 Å². The second-order valence-electron chi connectivity index (χ2n) is 5.08. The summed E-state index contributed by atoms with van der Waals surface area (Å²) in [5.41, 5.74) is 3.75. The van der Waals surface area contributed by atoms with Gasteiger partial charge in [-0.3, -0.25) is 4.68 Å². The van der Waals surface area contributed by atoms with Crippen LogP contribution in [-0.4, -0.2) is 22.9 Å². The zero-order valence-corrected chi connectivity index (χ0v) is 12.3. The van der Waals surface area contributed by atoms with Gasteiger partial charge in [0.1, 0.15) is 6.54 Å². The molecule has 0 saturated heterocycles. The minimum absolute atomic E-state index is 0.697.